The minimum Gasteiger partial charge on any atom is -0.303 e. The molecule has 8 heteroatoms. The van der Waals surface area contributed by atoms with Crippen molar-refractivity contribution in [2.45, 2.75) is 63.9 Å². The zero-order valence-electron chi connectivity index (χ0n) is 17.4. The lowest BCUT2D eigenvalue weighted by atomic mass is 10.1. The number of aryl methyl sites for hydroxylation is 1. The summed E-state index contributed by atoms with van der Waals surface area (Å²) in [5.41, 5.74) is -0.130. The molecule has 2 aromatic rings. The van der Waals surface area contributed by atoms with E-state index in [9.17, 15) is 9.59 Å². The summed E-state index contributed by atoms with van der Waals surface area (Å²) in [5, 5.41) is 1.18. The molecular formula is C20H31N5O2S. The highest BCUT2D eigenvalue weighted by Gasteiger charge is 2.20. The van der Waals surface area contributed by atoms with E-state index in [1.807, 2.05) is 20.8 Å². The van der Waals surface area contributed by atoms with Crippen LogP contribution in [0, 0.1) is 0 Å². The molecule has 7 nitrogen and oxygen atoms in total. The fourth-order valence-electron chi connectivity index (χ4n) is 3.60. The maximum absolute atomic E-state index is 12.9. The quantitative estimate of drug-likeness (QED) is 0.521. The van der Waals surface area contributed by atoms with Gasteiger partial charge in [-0.2, -0.15) is 0 Å². The summed E-state index contributed by atoms with van der Waals surface area (Å²) >= 11 is 1.61. The predicted octanol–water partition coefficient (Wildman–Crippen LogP) is 2.60. The van der Waals surface area contributed by atoms with Crippen LogP contribution in [0.2, 0.25) is 0 Å². The number of hydrogen-bond donors (Lipinski definition) is 0. The number of hydrogen-bond acceptors (Lipinski definition) is 6. The van der Waals surface area contributed by atoms with Gasteiger partial charge in [-0.15, -0.1) is 11.8 Å². The summed E-state index contributed by atoms with van der Waals surface area (Å²) in [6.45, 7) is 9.92. The van der Waals surface area contributed by atoms with E-state index in [1.54, 1.807) is 16.3 Å². The van der Waals surface area contributed by atoms with Crippen LogP contribution >= 0.6 is 11.8 Å². The van der Waals surface area contributed by atoms with Crippen molar-refractivity contribution in [1.29, 1.82) is 0 Å². The summed E-state index contributed by atoms with van der Waals surface area (Å²) < 4.78 is 2.81. The molecule has 1 saturated heterocycles. The van der Waals surface area contributed by atoms with Crippen LogP contribution in [-0.4, -0.2) is 49.4 Å². The van der Waals surface area contributed by atoms with Gasteiger partial charge in [0.05, 0.1) is 0 Å². The SMILES string of the molecule is CCCn1c(=O)n(C)c(=O)c2c(SCCN3CCCCC3)nc(C(C)C)nc21. The van der Waals surface area contributed by atoms with Crippen molar-refractivity contribution in [1.82, 2.24) is 24.0 Å². The minimum atomic E-state index is -0.308. The zero-order valence-corrected chi connectivity index (χ0v) is 18.2. The highest BCUT2D eigenvalue weighted by molar-refractivity contribution is 7.99. The number of likely N-dealkylation sites (tertiary alicyclic amines) is 1. The smallest absolute Gasteiger partial charge is 0.303 e. The molecule has 0 spiro atoms. The Kier molecular flexibility index (Phi) is 6.93. The number of fused-ring (bicyclic) bond motifs is 1. The Morgan fingerprint density at radius 3 is 2.43 bits per heavy atom. The summed E-state index contributed by atoms with van der Waals surface area (Å²) in [6.07, 6.45) is 4.65. The molecule has 3 rings (SSSR count). The highest BCUT2D eigenvalue weighted by atomic mass is 32.2. The fraction of sp³-hybridized carbons (Fsp3) is 0.700. The largest absolute Gasteiger partial charge is 0.332 e. The molecule has 0 N–H and O–H groups in total. The third-order valence-corrected chi connectivity index (χ3v) is 6.18. The molecule has 0 unspecified atom stereocenters. The summed E-state index contributed by atoms with van der Waals surface area (Å²) in [4.78, 5) is 37.4. The van der Waals surface area contributed by atoms with Crippen LogP contribution in [-0.2, 0) is 13.6 Å². The first kappa shape index (κ1) is 21.0. The van der Waals surface area contributed by atoms with Crippen molar-refractivity contribution >= 4 is 22.8 Å². The lowest BCUT2D eigenvalue weighted by Gasteiger charge is -2.26. The Balaban J connectivity index is 2.04. The van der Waals surface area contributed by atoms with Gasteiger partial charge < -0.3 is 4.90 Å². The van der Waals surface area contributed by atoms with Crippen LogP contribution in [0.25, 0.3) is 11.0 Å². The van der Waals surface area contributed by atoms with E-state index >= 15 is 0 Å². The minimum absolute atomic E-state index is 0.125. The van der Waals surface area contributed by atoms with Crippen molar-refractivity contribution in [2.75, 3.05) is 25.4 Å². The van der Waals surface area contributed by atoms with Crippen molar-refractivity contribution in [3.8, 4) is 0 Å². The topological polar surface area (TPSA) is 73.0 Å². The standard InChI is InChI=1S/C20H31N5O2S/c1-5-9-25-17-15(19(26)23(4)20(25)27)18(22-16(21-17)14(2)3)28-13-12-24-10-7-6-8-11-24/h14H,5-13H2,1-4H3. The third kappa shape index (κ3) is 4.33. The van der Waals surface area contributed by atoms with Gasteiger partial charge >= 0.3 is 5.69 Å². The normalized spacial score (nSPS) is 15.6. The summed E-state index contributed by atoms with van der Waals surface area (Å²) in [6, 6.07) is 0. The van der Waals surface area contributed by atoms with Crippen molar-refractivity contribution in [2.24, 2.45) is 7.05 Å². The first-order chi connectivity index (χ1) is 13.4. The van der Waals surface area contributed by atoms with E-state index in [0.29, 0.717) is 28.4 Å². The highest BCUT2D eigenvalue weighted by Crippen LogP contribution is 2.25. The Bertz CT molecular complexity index is 944. The number of piperidine rings is 1. The molecule has 0 saturated carbocycles. The van der Waals surface area contributed by atoms with Gasteiger partial charge in [0.15, 0.2) is 5.65 Å². The van der Waals surface area contributed by atoms with E-state index in [2.05, 4.69) is 9.88 Å². The molecule has 1 fully saturated rings. The van der Waals surface area contributed by atoms with Crippen LogP contribution in [0.15, 0.2) is 14.6 Å². The van der Waals surface area contributed by atoms with Crippen molar-refractivity contribution in [3.63, 3.8) is 0 Å². The first-order valence-electron chi connectivity index (χ1n) is 10.3. The number of aromatic nitrogens is 4. The molecule has 28 heavy (non-hydrogen) atoms. The average molecular weight is 406 g/mol. The van der Waals surface area contributed by atoms with Crippen LogP contribution in [0.5, 0.6) is 0 Å². The Labute approximate surface area is 170 Å². The van der Waals surface area contributed by atoms with Crippen LogP contribution in [0.3, 0.4) is 0 Å². The molecule has 0 bridgehead atoms. The number of rotatable bonds is 7. The van der Waals surface area contributed by atoms with Gasteiger partial charge in [-0.05, 0) is 32.4 Å². The van der Waals surface area contributed by atoms with Gasteiger partial charge in [0.2, 0.25) is 0 Å². The Morgan fingerprint density at radius 2 is 1.79 bits per heavy atom. The molecule has 0 amide bonds. The van der Waals surface area contributed by atoms with Gasteiger partial charge in [0, 0.05) is 31.8 Å². The van der Waals surface area contributed by atoms with Gasteiger partial charge in [0.25, 0.3) is 5.56 Å². The van der Waals surface area contributed by atoms with Crippen molar-refractivity contribution in [3.05, 3.63) is 26.7 Å². The molecule has 0 atom stereocenters. The van der Waals surface area contributed by atoms with Crippen LogP contribution < -0.4 is 11.2 Å². The number of thioether (sulfide) groups is 1. The molecule has 0 aliphatic carbocycles. The van der Waals surface area contributed by atoms with Gasteiger partial charge in [-0.25, -0.2) is 14.8 Å². The average Bonchev–Trinajstić information content (AvgIpc) is 2.69. The molecule has 0 radical (unpaired) electrons. The molecule has 3 heterocycles. The second-order valence-electron chi connectivity index (χ2n) is 7.79. The van der Waals surface area contributed by atoms with E-state index in [0.717, 1.165) is 31.8 Å². The molecule has 1 aliphatic rings. The molecule has 0 aromatic carbocycles. The lowest BCUT2D eigenvalue weighted by Crippen LogP contribution is -2.39. The second kappa shape index (κ2) is 9.22. The van der Waals surface area contributed by atoms with E-state index in [-0.39, 0.29) is 17.2 Å². The maximum atomic E-state index is 12.9. The van der Waals surface area contributed by atoms with Crippen LogP contribution in [0.1, 0.15) is 58.2 Å². The third-order valence-electron chi connectivity index (χ3n) is 5.22. The summed E-state index contributed by atoms with van der Waals surface area (Å²) in [5.74, 6) is 1.69. The maximum Gasteiger partial charge on any atom is 0.332 e. The van der Waals surface area contributed by atoms with E-state index in [4.69, 9.17) is 4.98 Å². The molecular weight excluding hydrogens is 374 g/mol. The molecule has 154 valence electrons. The van der Waals surface area contributed by atoms with Gasteiger partial charge in [-0.3, -0.25) is 13.9 Å². The second-order valence-corrected chi connectivity index (χ2v) is 8.87. The lowest BCUT2D eigenvalue weighted by molar-refractivity contribution is 0.242. The fourth-order valence-corrected chi connectivity index (χ4v) is 4.62. The van der Waals surface area contributed by atoms with Crippen LogP contribution in [0.4, 0.5) is 0 Å². The zero-order chi connectivity index (χ0) is 20.3. The number of nitrogens with zero attached hydrogens (tertiary/aromatic N) is 5. The van der Waals surface area contributed by atoms with E-state index < -0.39 is 0 Å². The Morgan fingerprint density at radius 1 is 1.07 bits per heavy atom. The van der Waals surface area contributed by atoms with Crippen molar-refractivity contribution < 1.29 is 0 Å². The molecule has 1 aliphatic heterocycles. The predicted molar refractivity (Wildman–Crippen MR) is 114 cm³/mol. The Hall–Kier alpha value is -1.67. The summed E-state index contributed by atoms with van der Waals surface area (Å²) in [7, 11) is 1.54. The monoisotopic (exact) mass is 405 g/mol. The van der Waals surface area contributed by atoms with Gasteiger partial charge in [0.1, 0.15) is 16.2 Å². The first-order valence-corrected chi connectivity index (χ1v) is 11.3. The molecule has 2 aromatic heterocycles. The van der Waals surface area contributed by atoms with E-state index in [1.165, 1.54) is 30.9 Å². The van der Waals surface area contributed by atoms with Gasteiger partial charge in [-0.1, -0.05) is 27.2 Å².